The number of nitriles is 1. The molecule has 13 nitrogen and oxygen atoms in total. The first-order valence-corrected chi connectivity index (χ1v) is 15.2. The Morgan fingerprint density at radius 2 is 1.78 bits per heavy atom. The lowest BCUT2D eigenvalue weighted by Gasteiger charge is -2.32. The molecule has 1 fully saturated rings. The SMILES string of the molecule is CC.CN(N)/C=C(\N)c1ccc2nc(-c3cccnc3N)n(-c3ccc(CN4CCC(Nc5ccnc(C#N)n5)CC4)cc3)c2n1. The van der Waals surface area contributed by atoms with Gasteiger partial charge in [-0.25, -0.2) is 30.8 Å². The summed E-state index contributed by atoms with van der Waals surface area (Å²) >= 11 is 0. The van der Waals surface area contributed by atoms with Crippen LogP contribution < -0.4 is 22.6 Å². The summed E-state index contributed by atoms with van der Waals surface area (Å²) in [5, 5.41) is 13.9. The molecule has 46 heavy (non-hydrogen) atoms. The van der Waals surface area contributed by atoms with Gasteiger partial charge in [0.1, 0.15) is 23.2 Å². The van der Waals surface area contributed by atoms with Crippen molar-refractivity contribution in [2.75, 3.05) is 31.2 Å². The van der Waals surface area contributed by atoms with Gasteiger partial charge in [0, 0.05) is 57.0 Å². The number of aromatic nitrogens is 6. The molecule has 236 valence electrons. The summed E-state index contributed by atoms with van der Waals surface area (Å²) in [6, 6.07) is 20.0. The van der Waals surface area contributed by atoms with Crippen LogP contribution in [0.5, 0.6) is 0 Å². The summed E-state index contributed by atoms with van der Waals surface area (Å²) < 4.78 is 1.98. The van der Waals surface area contributed by atoms with Crippen LogP contribution in [0.2, 0.25) is 0 Å². The number of nitrogen functional groups attached to an aromatic ring is 1. The smallest absolute Gasteiger partial charge is 0.234 e. The predicted octanol–water partition coefficient (Wildman–Crippen LogP) is 3.89. The van der Waals surface area contributed by atoms with E-state index in [-0.39, 0.29) is 5.82 Å². The van der Waals surface area contributed by atoms with Crippen LogP contribution in [-0.4, -0.2) is 65.6 Å². The van der Waals surface area contributed by atoms with E-state index >= 15 is 0 Å². The molecule has 0 bridgehead atoms. The molecule has 0 amide bonds. The Labute approximate surface area is 268 Å². The third-order valence-corrected chi connectivity index (χ3v) is 7.52. The maximum absolute atomic E-state index is 9.06. The number of benzene rings is 1. The van der Waals surface area contributed by atoms with Crippen LogP contribution in [-0.2, 0) is 6.54 Å². The van der Waals surface area contributed by atoms with Gasteiger partial charge in [0.05, 0.1) is 17.0 Å². The van der Waals surface area contributed by atoms with E-state index in [1.807, 2.05) is 48.7 Å². The number of nitrogens with zero attached hydrogens (tertiary/aromatic N) is 9. The van der Waals surface area contributed by atoms with Gasteiger partial charge in [-0.15, -0.1) is 0 Å². The second-order valence-electron chi connectivity index (χ2n) is 10.7. The van der Waals surface area contributed by atoms with Gasteiger partial charge in [0.15, 0.2) is 11.5 Å². The molecule has 4 aromatic heterocycles. The number of rotatable bonds is 8. The monoisotopic (exact) mass is 617 g/mol. The first-order valence-electron chi connectivity index (χ1n) is 15.2. The third-order valence-electron chi connectivity index (χ3n) is 7.52. The van der Waals surface area contributed by atoms with Gasteiger partial charge >= 0.3 is 0 Å². The summed E-state index contributed by atoms with van der Waals surface area (Å²) in [4.78, 5) is 24.7. The molecule has 5 heterocycles. The largest absolute Gasteiger partial charge is 0.396 e. The fourth-order valence-corrected chi connectivity index (χ4v) is 5.38. The van der Waals surface area contributed by atoms with Gasteiger partial charge in [-0.1, -0.05) is 26.0 Å². The number of nitrogens with two attached hydrogens (primary N) is 3. The number of nitrogens with one attached hydrogen (secondary N) is 1. The number of hydrogen-bond donors (Lipinski definition) is 4. The van der Waals surface area contributed by atoms with E-state index in [0.717, 1.165) is 38.2 Å². The van der Waals surface area contributed by atoms with Crippen molar-refractivity contribution in [3.05, 3.63) is 90.3 Å². The number of fused-ring (bicyclic) bond motifs is 1. The molecule has 1 aliphatic rings. The fraction of sp³-hybridized carbons (Fsp3) is 0.273. The highest BCUT2D eigenvalue weighted by atomic mass is 15.4. The first-order chi connectivity index (χ1) is 22.4. The minimum absolute atomic E-state index is 0.173. The molecule has 1 aromatic carbocycles. The molecular formula is C33H39N13. The number of likely N-dealkylation sites (tertiary alicyclic amines) is 1. The number of pyridine rings is 2. The highest BCUT2D eigenvalue weighted by Gasteiger charge is 2.21. The molecule has 7 N–H and O–H groups in total. The van der Waals surface area contributed by atoms with Gasteiger partial charge in [0.25, 0.3) is 0 Å². The molecule has 0 spiro atoms. The van der Waals surface area contributed by atoms with E-state index in [4.69, 9.17) is 32.5 Å². The second-order valence-corrected chi connectivity index (χ2v) is 10.7. The molecule has 6 rings (SSSR count). The maximum atomic E-state index is 9.06. The highest BCUT2D eigenvalue weighted by Crippen LogP contribution is 2.31. The van der Waals surface area contributed by atoms with Crippen LogP contribution in [0.4, 0.5) is 11.6 Å². The molecule has 0 radical (unpaired) electrons. The average Bonchev–Trinajstić information content (AvgIpc) is 3.45. The molecule has 0 aliphatic carbocycles. The maximum Gasteiger partial charge on any atom is 0.234 e. The van der Waals surface area contributed by atoms with Crippen LogP contribution in [0.1, 0.15) is 43.8 Å². The average molecular weight is 618 g/mol. The third kappa shape index (κ3) is 7.20. The minimum Gasteiger partial charge on any atom is -0.396 e. The van der Waals surface area contributed by atoms with Gasteiger partial charge in [-0.2, -0.15) is 5.26 Å². The topological polar surface area (TPSA) is 190 Å². The van der Waals surface area contributed by atoms with E-state index in [1.165, 1.54) is 10.6 Å². The lowest BCUT2D eigenvalue weighted by atomic mass is 10.0. The van der Waals surface area contributed by atoms with E-state index < -0.39 is 0 Å². The summed E-state index contributed by atoms with van der Waals surface area (Å²) in [6.07, 6.45) is 6.84. The number of anilines is 2. The summed E-state index contributed by atoms with van der Waals surface area (Å²) in [6.45, 7) is 6.74. The molecule has 0 saturated carbocycles. The summed E-state index contributed by atoms with van der Waals surface area (Å²) in [5.41, 5.74) is 17.7. The molecule has 0 atom stereocenters. The molecule has 1 saturated heterocycles. The van der Waals surface area contributed by atoms with Gasteiger partial charge in [-0.05, 0) is 60.9 Å². The molecular weight excluding hydrogens is 578 g/mol. The highest BCUT2D eigenvalue weighted by molar-refractivity contribution is 5.84. The Morgan fingerprint density at radius 3 is 2.48 bits per heavy atom. The Balaban J connectivity index is 0.00000204. The Bertz CT molecular complexity index is 1850. The lowest BCUT2D eigenvalue weighted by molar-refractivity contribution is 0.211. The molecule has 1 aliphatic heterocycles. The van der Waals surface area contributed by atoms with Crippen LogP contribution in [0, 0.1) is 11.3 Å². The first kappa shape index (κ1) is 31.8. The zero-order valence-electron chi connectivity index (χ0n) is 26.3. The van der Waals surface area contributed by atoms with Crippen molar-refractivity contribution in [1.82, 2.24) is 39.4 Å². The van der Waals surface area contributed by atoms with Crippen molar-refractivity contribution in [3.8, 4) is 23.1 Å². The summed E-state index contributed by atoms with van der Waals surface area (Å²) in [5.74, 6) is 7.67. The van der Waals surface area contributed by atoms with Crippen LogP contribution in [0.25, 0.3) is 33.9 Å². The van der Waals surface area contributed by atoms with Crippen molar-refractivity contribution in [1.29, 1.82) is 5.26 Å². The fourth-order valence-electron chi connectivity index (χ4n) is 5.38. The van der Waals surface area contributed by atoms with Gasteiger partial charge in [0.2, 0.25) is 5.82 Å². The number of hydrazine groups is 1. The normalized spacial score (nSPS) is 13.9. The van der Waals surface area contributed by atoms with Crippen molar-refractivity contribution < 1.29 is 0 Å². The summed E-state index contributed by atoms with van der Waals surface area (Å²) in [7, 11) is 1.70. The Morgan fingerprint density at radius 1 is 1.02 bits per heavy atom. The van der Waals surface area contributed by atoms with E-state index in [9.17, 15) is 0 Å². The lowest BCUT2D eigenvalue weighted by Crippen LogP contribution is -2.38. The van der Waals surface area contributed by atoms with Crippen molar-refractivity contribution in [2.45, 2.75) is 39.3 Å². The van der Waals surface area contributed by atoms with E-state index in [2.05, 4.69) is 49.4 Å². The Hall–Kier alpha value is -5.58. The van der Waals surface area contributed by atoms with Crippen LogP contribution >= 0.6 is 0 Å². The minimum atomic E-state index is 0.173. The van der Waals surface area contributed by atoms with Crippen LogP contribution in [0.15, 0.2) is 73.2 Å². The van der Waals surface area contributed by atoms with E-state index in [1.54, 1.807) is 31.7 Å². The molecule has 13 heteroatoms. The van der Waals surface area contributed by atoms with Gasteiger partial charge < -0.3 is 21.8 Å². The van der Waals surface area contributed by atoms with Crippen molar-refractivity contribution in [2.24, 2.45) is 11.6 Å². The molecule has 0 unspecified atom stereocenters. The van der Waals surface area contributed by atoms with Crippen molar-refractivity contribution in [3.63, 3.8) is 0 Å². The van der Waals surface area contributed by atoms with Crippen molar-refractivity contribution >= 4 is 28.5 Å². The Kier molecular flexibility index (Phi) is 10.0. The number of hydrogen-bond acceptors (Lipinski definition) is 12. The zero-order chi connectivity index (χ0) is 32.6. The second kappa shape index (κ2) is 14.5. The molecule has 5 aromatic rings. The number of imidazole rings is 1. The van der Waals surface area contributed by atoms with Crippen LogP contribution in [0.3, 0.4) is 0 Å². The quantitative estimate of drug-likeness (QED) is 0.145. The van der Waals surface area contributed by atoms with Gasteiger partial charge in [-0.3, -0.25) is 9.47 Å². The zero-order valence-corrected chi connectivity index (χ0v) is 26.3. The predicted molar refractivity (Wildman–Crippen MR) is 181 cm³/mol. The standard InChI is InChI=1S/C31H33N13.C2H6/c1-42(35)19-24(33)25-8-9-26-31(39-25)44(30(40-26)23-3-2-13-37-29(23)34)22-6-4-20(5-7-22)18-43-15-11-21(12-16-43)38-27-10-14-36-28(17-32)41-27;1-2/h2-10,13-14,19,21H,11-12,15-16,18,33,35H2,1H3,(H2,34,37)(H,36,38,41);1-2H3/b24-19-;. The van der Waals surface area contributed by atoms with E-state index in [0.29, 0.717) is 51.6 Å². The number of piperidine rings is 1.